The van der Waals surface area contributed by atoms with Gasteiger partial charge in [0.1, 0.15) is 12.8 Å². The minimum atomic E-state index is -4.38. The number of anilines is 1. The zero-order valence-corrected chi connectivity index (χ0v) is 20.1. The Hall–Kier alpha value is -4.22. The second-order valence-corrected chi connectivity index (χ2v) is 8.75. The molecule has 0 bridgehead atoms. The van der Waals surface area contributed by atoms with Gasteiger partial charge in [0.15, 0.2) is 5.58 Å². The van der Waals surface area contributed by atoms with Gasteiger partial charge in [0.05, 0.1) is 35.1 Å². The Balaban J connectivity index is 1.30. The van der Waals surface area contributed by atoms with Gasteiger partial charge in [0, 0.05) is 38.7 Å². The molecule has 1 aliphatic rings. The van der Waals surface area contributed by atoms with Crippen molar-refractivity contribution in [1.82, 2.24) is 19.2 Å². The first-order valence-electron chi connectivity index (χ1n) is 11.6. The van der Waals surface area contributed by atoms with Gasteiger partial charge in [0.25, 0.3) is 11.5 Å². The standard InChI is InChI=1S/C25H24F3N5O4/c1-31-19-9-12-37-21(19)13-20(31)23(35)32-11-8-18-17(14-32)22(34)33(36-2)24(30-18)29-10-7-15-3-5-16(6-4-15)25(26,27)28/h3-6,9,12-13H,7-8,10-11,14H2,1-2H3,(H,29,30). The van der Waals surface area contributed by atoms with Gasteiger partial charge in [-0.1, -0.05) is 12.1 Å². The maximum absolute atomic E-state index is 13.2. The first kappa shape index (κ1) is 24.5. The van der Waals surface area contributed by atoms with E-state index in [9.17, 15) is 22.8 Å². The molecule has 5 rings (SSSR count). The number of aromatic nitrogens is 3. The van der Waals surface area contributed by atoms with Crippen molar-refractivity contribution in [1.29, 1.82) is 0 Å². The number of benzene rings is 1. The third-order valence-electron chi connectivity index (χ3n) is 6.52. The molecule has 0 radical (unpaired) electrons. The predicted molar refractivity (Wildman–Crippen MR) is 128 cm³/mol. The monoisotopic (exact) mass is 515 g/mol. The molecule has 0 aliphatic carbocycles. The van der Waals surface area contributed by atoms with Gasteiger partial charge < -0.3 is 24.0 Å². The molecule has 12 heteroatoms. The van der Waals surface area contributed by atoms with Crippen molar-refractivity contribution in [2.45, 2.75) is 25.6 Å². The molecule has 3 aromatic heterocycles. The summed E-state index contributed by atoms with van der Waals surface area (Å²) in [5.74, 6) is -0.0256. The molecule has 1 N–H and O–H groups in total. The minimum absolute atomic E-state index is 0.0851. The van der Waals surface area contributed by atoms with Gasteiger partial charge in [-0.05, 0) is 24.1 Å². The predicted octanol–water partition coefficient (Wildman–Crippen LogP) is 3.26. The maximum Gasteiger partial charge on any atom is 0.416 e. The van der Waals surface area contributed by atoms with E-state index >= 15 is 0 Å². The van der Waals surface area contributed by atoms with Gasteiger partial charge in [-0.3, -0.25) is 9.59 Å². The third kappa shape index (κ3) is 4.54. The number of aryl methyl sites for hydroxylation is 1. The van der Waals surface area contributed by atoms with Crippen LogP contribution in [-0.4, -0.2) is 45.3 Å². The number of hydrogen-bond donors (Lipinski definition) is 1. The van der Waals surface area contributed by atoms with Crippen molar-refractivity contribution in [3.05, 3.63) is 81.1 Å². The van der Waals surface area contributed by atoms with Crippen LogP contribution in [0, 0.1) is 0 Å². The second kappa shape index (κ2) is 9.34. The van der Waals surface area contributed by atoms with Gasteiger partial charge in [-0.2, -0.15) is 13.2 Å². The number of nitrogens with zero attached hydrogens (tertiary/aromatic N) is 4. The summed E-state index contributed by atoms with van der Waals surface area (Å²) in [6, 6.07) is 8.38. The van der Waals surface area contributed by atoms with Crippen molar-refractivity contribution in [2.24, 2.45) is 7.05 Å². The van der Waals surface area contributed by atoms with Crippen LogP contribution in [0.4, 0.5) is 19.1 Å². The Morgan fingerprint density at radius 2 is 1.97 bits per heavy atom. The Kier molecular flexibility index (Phi) is 6.18. The van der Waals surface area contributed by atoms with Gasteiger partial charge >= 0.3 is 6.18 Å². The molecule has 1 aliphatic heterocycles. The van der Waals surface area contributed by atoms with Gasteiger partial charge in [-0.25, -0.2) is 4.98 Å². The van der Waals surface area contributed by atoms with Crippen LogP contribution in [0.2, 0.25) is 0 Å². The summed E-state index contributed by atoms with van der Waals surface area (Å²) in [5.41, 5.74) is 2.37. The van der Waals surface area contributed by atoms with Crippen molar-refractivity contribution in [3.8, 4) is 0 Å². The van der Waals surface area contributed by atoms with Crippen molar-refractivity contribution >= 4 is 23.0 Å². The van der Waals surface area contributed by atoms with E-state index in [0.717, 1.165) is 22.4 Å². The smallest absolute Gasteiger partial charge is 0.416 e. The first-order valence-corrected chi connectivity index (χ1v) is 11.6. The number of hydrogen-bond acceptors (Lipinski definition) is 6. The number of fused-ring (bicyclic) bond motifs is 2. The van der Waals surface area contributed by atoms with Crippen LogP contribution in [0.1, 0.15) is 32.9 Å². The van der Waals surface area contributed by atoms with E-state index in [0.29, 0.717) is 54.0 Å². The lowest BCUT2D eigenvalue weighted by Gasteiger charge is -2.28. The van der Waals surface area contributed by atoms with E-state index < -0.39 is 17.3 Å². The first-order chi connectivity index (χ1) is 17.7. The summed E-state index contributed by atoms with van der Waals surface area (Å²) >= 11 is 0. The number of halogens is 3. The summed E-state index contributed by atoms with van der Waals surface area (Å²) in [6.07, 6.45) is -2.03. The Bertz CT molecular complexity index is 1520. The van der Waals surface area contributed by atoms with Crippen molar-refractivity contribution in [3.63, 3.8) is 0 Å². The molecule has 4 aromatic rings. The zero-order valence-electron chi connectivity index (χ0n) is 20.1. The van der Waals surface area contributed by atoms with Crippen LogP contribution in [0.5, 0.6) is 0 Å². The molecular weight excluding hydrogens is 491 g/mol. The molecule has 9 nitrogen and oxygen atoms in total. The quantitative estimate of drug-likeness (QED) is 0.424. The second-order valence-electron chi connectivity index (χ2n) is 8.75. The van der Waals surface area contributed by atoms with E-state index in [-0.39, 0.29) is 18.4 Å². The summed E-state index contributed by atoms with van der Waals surface area (Å²) in [7, 11) is 3.12. The van der Waals surface area contributed by atoms with Gasteiger partial charge in [-0.15, -0.1) is 4.73 Å². The summed E-state index contributed by atoms with van der Waals surface area (Å²) < 4.78 is 46.5. The molecule has 1 aromatic carbocycles. The largest absolute Gasteiger partial charge is 0.463 e. The molecule has 0 saturated carbocycles. The number of carbonyl (C=O) groups excluding carboxylic acids is 1. The third-order valence-corrected chi connectivity index (χ3v) is 6.52. The normalized spacial score (nSPS) is 13.6. The highest BCUT2D eigenvalue weighted by Gasteiger charge is 2.30. The lowest BCUT2D eigenvalue weighted by Crippen LogP contribution is -2.43. The van der Waals surface area contributed by atoms with Crippen molar-refractivity contribution < 1.29 is 27.2 Å². The Labute approximate surface area is 209 Å². The SMILES string of the molecule is COn1c(NCCc2ccc(C(F)(F)F)cc2)nc2c(c1=O)CN(C(=O)c1cc3occc3n1C)CC2. The molecule has 0 spiro atoms. The van der Waals surface area contributed by atoms with Gasteiger partial charge in [0.2, 0.25) is 5.95 Å². The molecule has 1 amide bonds. The van der Waals surface area contributed by atoms with Crippen molar-refractivity contribution in [2.75, 3.05) is 25.5 Å². The molecule has 0 fully saturated rings. The average Bonchev–Trinajstić information content (AvgIpc) is 3.46. The Morgan fingerprint density at radius 3 is 2.65 bits per heavy atom. The van der Waals surface area contributed by atoms with E-state index in [4.69, 9.17) is 9.25 Å². The van der Waals surface area contributed by atoms with Crippen LogP contribution in [0.25, 0.3) is 11.1 Å². The van der Waals surface area contributed by atoms with Crippen LogP contribution >= 0.6 is 0 Å². The lowest BCUT2D eigenvalue weighted by molar-refractivity contribution is -0.137. The Morgan fingerprint density at radius 1 is 1.22 bits per heavy atom. The highest BCUT2D eigenvalue weighted by molar-refractivity contribution is 5.97. The topological polar surface area (TPSA) is 94.5 Å². The molecule has 37 heavy (non-hydrogen) atoms. The van der Waals surface area contributed by atoms with E-state index in [1.54, 1.807) is 34.9 Å². The highest BCUT2D eigenvalue weighted by atomic mass is 19.4. The maximum atomic E-state index is 13.2. The van der Waals surface area contributed by atoms with E-state index in [1.165, 1.54) is 19.2 Å². The fourth-order valence-corrected chi connectivity index (χ4v) is 4.51. The van der Waals surface area contributed by atoms with Crippen LogP contribution < -0.4 is 15.7 Å². The molecule has 0 atom stereocenters. The van der Waals surface area contributed by atoms with E-state index in [2.05, 4.69) is 10.3 Å². The van der Waals surface area contributed by atoms with Crippen LogP contribution in [-0.2, 0) is 32.6 Å². The summed E-state index contributed by atoms with van der Waals surface area (Å²) in [6.45, 7) is 0.785. The molecule has 4 heterocycles. The van der Waals surface area contributed by atoms with Crippen LogP contribution in [0.15, 0.2) is 51.9 Å². The number of furan rings is 1. The minimum Gasteiger partial charge on any atom is -0.463 e. The number of alkyl halides is 3. The summed E-state index contributed by atoms with van der Waals surface area (Å²) in [5, 5.41) is 3.04. The lowest BCUT2D eigenvalue weighted by atomic mass is 10.1. The summed E-state index contributed by atoms with van der Waals surface area (Å²) in [4.78, 5) is 37.8. The molecular formula is C25H24F3N5O4. The zero-order chi connectivity index (χ0) is 26.3. The average molecular weight is 515 g/mol. The number of rotatable bonds is 6. The highest BCUT2D eigenvalue weighted by Crippen LogP contribution is 2.29. The molecule has 0 unspecified atom stereocenters. The number of carbonyl (C=O) groups is 1. The fraction of sp³-hybridized carbons (Fsp3) is 0.320. The number of nitrogens with one attached hydrogen (secondary N) is 1. The van der Waals surface area contributed by atoms with Crippen LogP contribution in [0.3, 0.4) is 0 Å². The molecule has 0 saturated heterocycles. The fourth-order valence-electron chi connectivity index (χ4n) is 4.51. The number of amides is 1. The van der Waals surface area contributed by atoms with E-state index in [1.807, 2.05) is 0 Å². The molecule has 194 valence electrons.